The van der Waals surface area contributed by atoms with Crippen molar-refractivity contribution in [3.05, 3.63) is 61.1 Å². The molecule has 18 heavy (non-hydrogen) atoms. The summed E-state index contributed by atoms with van der Waals surface area (Å²) >= 11 is 0. The van der Waals surface area contributed by atoms with Gasteiger partial charge in [-0.3, -0.25) is 4.98 Å². The molecular weight excluding hydrogens is 224 g/mol. The van der Waals surface area contributed by atoms with Gasteiger partial charge in [-0.15, -0.1) is 4.98 Å². The number of rotatable bonds is 1. The topological polar surface area (TPSA) is 37.0 Å². The summed E-state index contributed by atoms with van der Waals surface area (Å²) in [5.74, 6) is 1.92. The Bertz CT molecular complexity index is 827. The minimum Gasteiger partial charge on any atom is -0.261 e. The van der Waals surface area contributed by atoms with Crippen LogP contribution in [0, 0.1) is 0 Å². The van der Waals surface area contributed by atoms with Gasteiger partial charge in [0.1, 0.15) is 11.0 Å². The van der Waals surface area contributed by atoms with Crippen molar-refractivity contribution in [1.82, 2.24) is 14.4 Å². The number of hydrogen-bond acceptors (Lipinski definition) is 1. The highest BCUT2D eigenvalue weighted by atomic mass is 15.2. The largest absolute Gasteiger partial charge is 0.331 e. The van der Waals surface area contributed by atoms with E-state index in [2.05, 4.69) is 26.5 Å². The van der Waals surface area contributed by atoms with Crippen molar-refractivity contribution in [3.63, 3.8) is 0 Å². The Hall–Kier alpha value is -2.62. The predicted molar refractivity (Wildman–Crippen MR) is 68.6 cm³/mol. The molecule has 4 nitrogen and oxygen atoms in total. The third-order valence-electron chi connectivity index (χ3n) is 3.13. The molecule has 0 unspecified atom stereocenters. The smallest absolute Gasteiger partial charge is 0.261 e. The van der Waals surface area contributed by atoms with Gasteiger partial charge in [-0.05, 0) is 18.2 Å². The van der Waals surface area contributed by atoms with Gasteiger partial charge in [-0.1, -0.05) is 18.2 Å². The van der Waals surface area contributed by atoms with E-state index in [4.69, 9.17) is 0 Å². The Morgan fingerprint density at radius 2 is 1.94 bits per heavy atom. The number of pyridine rings is 1. The summed E-state index contributed by atoms with van der Waals surface area (Å²) in [5, 5.41) is 0. The number of para-hydroxylation sites is 2. The lowest BCUT2D eigenvalue weighted by Crippen LogP contribution is -2.30. The summed E-state index contributed by atoms with van der Waals surface area (Å²) in [5.41, 5.74) is 2.29. The minimum absolute atomic E-state index is 0.909. The first kappa shape index (κ1) is 9.41. The highest BCUT2D eigenvalue weighted by Crippen LogP contribution is 2.14. The van der Waals surface area contributed by atoms with Crippen molar-refractivity contribution in [2.75, 3.05) is 0 Å². The molecule has 0 spiro atoms. The summed E-state index contributed by atoms with van der Waals surface area (Å²) < 4.78 is 4.17. The van der Waals surface area contributed by atoms with Crippen molar-refractivity contribution >= 4 is 16.8 Å². The number of benzene rings is 1. The lowest BCUT2D eigenvalue weighted by atomic mass is 10.3. The molecule has 0 saturated heterocycles. The zero-order chi connectivity index (χ0) is 11.9. The third-order valence-corrected chi connectivity index (χ3v) is 3.13. The Kier molecular flexibility index (Phi) is 1.80. The average molecular weight is 235 g/mol. The molecule has 0 bridgehead atoms. The third kappa shape index (κ3) is 1.20. The van der Waals surface area contributed by atoms with E-state index in [0.717, 1.165) is 17.1 Å². The number of aromatic nitrogens is 4. The van der Waals surface area contributed by atoms with Crippen molar-refractivity contribution in [2.24, 2.45) is 0 Å². The molecule has 4 heteroatoms. The first-order valence-corrected chi connectivity index (χ1v) is 5.84. The second kappa shape index (κ2) is 3.43. The average Bonchev–Trinajstić information content (AvgIpc) is 2.98. The first-order chi connectivity index (χ1) is 8.93. The molecule has 0 radical (unpaired) electrons. The lowest BCUT2D eigenvalue weighted by molar-refractivity contribution is -0.572. The van der Waals surface area contributed by atoms with Crippen LogP contribution in [0.5, 0.6) is 0 Å². The number of aromatic amines is 1. The van der Waals surface area contributed by atoms with E-state index in [9.17, 15) is 0 Å². The molecule has 1 N–H and O–H groups in total. The molecule has 0 atom stereocenters. The molecular formula is C14H11N4+. The van der Waals surface area contributed by atoms with Crippen molar-refractivity contribution in [1.29, 1.82) is 0 Å². The second-order valence-corrected chi connectivity index (χ2v) is 4.19. The molecule has 4 aromatic rings. The van der Waals surface area contributed by atoms with Crippen LogP contribution in [0.2, 0.25) is 0 Å². The van der Waals surface area contributed by atoms with Gasteiger partial charge in [0.05, 0.1) is 18.6 Å². The molecule has 0 saturated carbocycles. The zero-order valence-electron chi connectivity index (χ0n) is 9.62. The maximum absolute atomic E-state index is 4.37. The van der Waals surface area contributed by atoms with Crippen molar-refractivity contribution in [2.45, 2.75) is 0 Å². The normalized spacial score (nSPS) is 11.3. The van der Waals surface area contributed by atoms with Gasteiger partial charge in [0.2, 0.25) is 5.82 Å². The van der Waals surface area contributed by atoms with Gasteiger partial charge in [-0.25, -0.2) is 4.40 Å². The van der Waals surface area contributed by atoms with Crippen LogP contribution in [0.1, 0.15) is 0 Å². The Labute approximate surface area is 103 Å². The highest BCUT2D eigenvalue weighted by molar-refractivity contribution is 5.78. The monoisotopic (exact) mass is 235 g/mol. The van der Waals surface area contributed by atoms with Crippen LogP contribution in [0.25, 0.3) is 22.6 Å². The summed E-state index contributed by atoms with van der Waals surface area (Å²) in [4.78, 5) is 7.78. The van der Waals surface area contributed by atoms with E-state index in [1.54, 1.807) is 6.20 Å². The Balaban J connectivity index is 2.08. The summed E-state index contributed by atoms with van der Waals surface area (Å²) in [6, 6.07) is 14.1. The van der Waals surface area contributed by atoms with E-state index in [0.29, 0.717) is 0 Å². The molecule has 0 aliphatic rings. The molecule has 0 fully saturated rings. The predicted octanol–water partition coefficient (Wildman–Crippen LogP) is 2.09. The fourth-order valence-corrected chi connectivity index (χ4v) is 2.30. The van der Waals surface area contributed by atoms with Gasteiger partial charge >= 0.3 is 5.78 Å². The van der Waals surface area contributed by atoms with Crippen molar-refractivity contribution in [3.8, 4) is 5.82 Å². The molecule has 4 rings (SSSR count). The van der Waals surface area contributed by atoms with Gasteiger partial charge in [0.25, 0.3) is 0 Å². The van der Waals surface area contributed by atoms with Crippen LogP contribution < -0.4 is 4.57 Å². The van der Waals surface area contributed by atoms with Gasteiger partial charge < -0.3 is 0 Å². The molecule has 3 heterocycles. The number of nitrogens with one attached hydrogen (secondary N) is 1. The van der Waals surface area contributed by atoms with E-state index >= 15 is 0 Å². The number of fused-ring (bicyclic) bond motifs is 3. The van der Waals surface area contributed by atoms with Crippen LogP contribution in [0.15, 0.2) is 61.1 Å². The van der Waals surface area contributed by atoms with E-state index in [1.165, 1.54) is 5.52 Å². The van der Waals surface area contributed by atoms with Gasteiger partial charge in [0, 0.05) is 6.07 Å². The number of imidazole rings is 2. The Morgan fingerprint density at radius 3 is 2.83 bits per heavy atom. The zero-order valence-corrected chi connectivity index (χ0v) is 9.62. The first-order valence-electron chi connectivity index (χ1n) is 5.84. The maximum Gasteiger partial charge on any atom is 0.331 e. The lowest BCUT2D eigenvalue weighted by Gasteiger charge is -1.92. The van der Waals surface area contributed by atoms with Crippen LogP contribution in [0.4, 0.5) is 0 Å². The fourth-order valence-electron chi connectivity index (χ4n) is 2.30. The summed E-state index contributed by atoms with van der Waals surface area (Å²) in [6.45, 7) is 0. The number of nitrogens with zero attached hydrogens (tertiary/aromatic N) is 3. The fraction of sp³-hybridized carbons (Fsp3) is 0. The standard InChI is InChI=1S/C14H10N4/c1-2-6-12-11(5-1)16-14-17(12)9-10-18(14)13-7-3-4-8-15-13/h1-10H/p+1. The van der Waals surface area contributed by atoms with Crippen LogP contribution in [-0.4, -0.2) is 14.4 Å². The van der Waals surface area contributed by atoms with E-state index < -0.39 is 0 Å². The van der Waals surface area contributed by atoms with Gasteiger partial charge in [-0.2, -0.15) is 4.57 Å². The second-order valence-electron chi connectivity index (χ2n) is 4.19. The molecule has 0 amide bonds. The Morgan fingerprint density at radius 1 is 1.06 bits per heavy atom. The minimum atomic E-state index is 0.909. The van der Waals surface area contributed by atoms with Crippen LogP contribution >= 0.6 is 0 Å². The molecule has 3 aromatic heterocycles. The summed E-state index contributed by atoms with van der Waals surface area (Å²) in [7, 11) is 0. The van der Waals surface area contributed by atoms with E-state index in [1.807, 2.05) is 47.3 Å². The summed E-state index contributed by atoms with van der Waals surface area (Å²) in [6.07, 6.45) is 5.86. The maximum atomic E-state index is 4.37. The number of hydrogen-bond donors (Lipinski definition) is 1. The van der Waals surface area contributed by atoms with Crippen LogP contribution in [-0.2, 0) is 0 Å². The van der Waals surface area contributed by atoms with Crippen molar-refractivity contribution < 1.29 is 4.57 Å². The molecule has 1 aromatic carbocycles. The van der Waals surface area contributed by atoms with Gasteiger partial charge in [0.15, 0.2) is 0 Å². The molecule has 0 aliphatic heterocycles. The quantitative estimate of drug-likeness (QED) is 0.504. The van der Waals surface area contributed by atoms with E-state index in [-0.39, 0.29) is 0 Å². The van der Waals surface area contributed by atoms with Crippen LogP contribution in [0.3, 0.4) is 0 Å². The molecule has 0 aliphatic carbocycles. The number of H-pyrrole nitrogens is 1. The molecule has 86 valence electrons. The SMILES string of the molecule is c1ccc(-[n+]2ccn3c4ccccc4[nH]c32)nc1. The highest BCUT2D eigenvalue weighted by Gasteiger charge is 2.15.